The van der Waals surface area contributed by atoms with Gasteiger partial charge in [0.15, 0.2) is 0 Å². The van der Waals surface area contributed by atoms with E-state index < -0.39 is 0 Å². The van der Waals surface area contributed by atoms with Gasteiger partial charge in [-0.3, -0.25) is 0 Å². The van der Waals surface area contributed by atoms with Crippen molar-refractivity contribution in [1.29, 1.82) is 0 Å². The van der Waals surface area contributed by atoms with Crippen LogP contribution in [-0.2, 0) is 11.1 Å². The van der Waals surface area contributed by atoms with Crippen molar-refractivity contribution < 1.29 is 0 Å². The first-order valence-electron chi connectivity index (χ1n) is 5.62. The van der Waals surface area contributed by atoms with Crippen LogP contribution < -0.4 is 0 Å². The second-order valence-corrected chi connectivity index (χ2v) is 5.47. The topological polar surface area (TPSA) is 24.7 Å². The summed E-state index contributed by atoms with van der Waals surface area (Å²) in [6, 6.07) is 8.12. The molecule has 94 valence electrons. The number of aliphatic imine (C=N–C) groups is 2. The van der Waals surface area contributed by atoms with Gasteiger partial charge in [-0.15, -0.1) is 0 Å². The standard InChI is InChI=1S/C14H16N2S2/c1-13(2,15-9-17)11-6-5-7-12(8-11)14(3,4)16-10-18/h5-8H,1-4H3. The van der Waals surface area contributed by atoms with Gasteiger partial charge < -0.3 is 0 Å². The van der Waals surface area contributed by atoms with Crippen LogP contribution in [0.3, 0.4) is 0 Å². The van der Waals surface area contributed by atoms with Gasteiger partial charge in [0.25, 0.3) is 0 Å². The van der Waals surface area contributed by atoms with E-state index in [1.807, 2.05) is 45.9 Å². The maximum absolute atomic E-state index is 4.69. The van der Waals surface area contributed by atoms with Crippen molar-refractivity contribution in [2.45, 2.75) is 38.8 Å². The third-order valence-electron chi connectivity index (χ3n) is 2.93. The summed E-state index contributed by atoms with van der Waals surface area (Å²) in [5.41, 5.74) is 1.39. The van der Waals surface area contributed by atoms with Gasteiger partial charge in [-0.05, 0) is 63.3 Å². The molecule has 0 spiro atoms. The highest BCUT2D eigenvalue weighted by Crippen LogP contribution is 2.30. The Balaban J connectivity index is 3.30. The fourth-order valence-electron chi connectivity index (χ4n) is 1.64. The number of benzene rings is 1. The molecule has 0 aliphatic carbocycles. The quantitative estimate of drug-likeness (QED) is 0.603. The molecule has 0 unspecified atom stereocenters. The van der Waals surface area contributed by atoms with Crippen LogP contribution in [0.25, 0.3) is 0 Å². The predicted octanol–water partition coefficient (Wildman–Crippen LogP) is 4.36. The molecule has 18 heavy (non-hydrogen) atoms. The van der Waals surface area contributed by atoms with Gasteiger partial charge in [-0.2, -0.15) is 0 Å². The fraction of sp³-hybridized carbons (Fsp3) is 0.429. The first-order valence-corrected chi connectivity index (χ1v) is 6.44. The summed E-state index contributed by atoms with van der Waals surface area (Å²) in [6.07, 6.45) is 0. The summed E-state index contributed by atoms with van der Waals surface area (Å²) in [6.45, 7) is 8.00. The minimum Gasteiger partial charge on any atom is -0.222 e. The van der Waals surface area contributed by atoms with Crippen molar-refractivity contribution in [3.05, 3.63) is 35.4 Å². The molecule has 0 bridgehead atoms. The first kappa shape index (κ1) is 14.9. The van der Waals surface area contributed by atoms with E-state index in [1.165, 1.54) is 0 Å². The van der Waals surface area contributed by atoms with Crippen LogP contribution in [0.15, 0.2) is 34.3 Å². The summed E-state index contributed by atoms with van der Waals surface area (Å²) in [7, 11) is 0. The van der Waals surface area contributed by atoms with Gasteiger partial charge in [-0.1, -0.05) is 24.3 Å². The largest absolute Gasteiger partial charge is 0.222 e. The summed E-state index contributed by atoms with van der Waals surface area (Å²) in [5.74, 6) is 0. The van der Waals surface area contributed by atoms with Crippen molar-refractivity contribution in [1.82, 2.24) is 0 Å². The zero-order valence-corrected chi connectivity index (χ0v) is 12.7. The zero-order valence-electron chi connectivity index (χ0n) is 11.0. The lowest BCUT2D eigenvalue weighted by Gasteiger charge is -2.23. The Morgan fingerprint density at radius 1 is 0.889 bits per heavy atom. The lowest BCUT2D eigenvalue weighted by Crippen LogP contribution is -2.17. The highest BCUT2D eigenvalue weighted by atomic mass is 32.1. The van der Waals surface area contributed by atoms with E-state index in [1.54, 1.807) is 0 Å². The zero-order chi connectivity index (χ0) is 13.8. The van der Waals surface area contributed by atoms with Gasteiger partial charge in [-0.25, -0.2) is 9.98 Å². The molecule has 0 radical (unpaired) electrons. The van der Waals surface area contributed by atoms with Crippen LogP contribution in [0, 0.1) is 0 Å². The minimum absolute atomic E-state index is 0.380. The van der Waals surface area contributed by atoms with E-state index in [-0.39, 0.29) is 11.1 Å². The molecular formula is C14H16N2S2. The molecule has 2 nitrogen and oxygen atoms in total. The molecule has 0 N–H and O–H groups in total. The Morgan fingerprint density at radius 2 is 1.28 bits per heavy atom. The highest BCUT2D eigenvalue weighted by Gasteiger charge is 2.23. The molecule has 0 aliphatic rings. The second-order valence-electron chi connectivity index (χ2n) is 5.11. The average molecular weight is 276 g/mol. The molecule has 0 amide bonds. The van der Waals surface area contributed by atoms with E-state index in [0.29, 0.717) is 0 Å². The number of hydrogen-bond acceptors (Lipinski definition) is 4. The molecule has 0 heterocycles. The van der Waals surface area contributed by atoms with Crippen LogP contribution in [0.5, 0.6) is 0 Å². The van der Waals surface area contributed by atoms with Crippen molar-refractivity contribution in [2.24, 2.45) is 9.98 Å². The summed E-state index contributed by atoms with van der Waals surface area (Å²) < 4.78 is 0. The Hall–Kier alpha value is -1.18. The Kier molecular flexibility index (Phi) is 4.66. The summed E-state index contributed by atoms with van der Waals surface area (Å²) in [4.78, 5) is 8.39. The molecule has 1 aromatic carbocycles. The van der Waals surface area contributed by atoms with Crippen LogP contribution in [-0.4, -0.2) is 10.3 Å². The van der Waals surface area contributed by atoms with Crippen LogP contribution in [0.4, 0.5) is 0 Å². The second kappa shape index (κ2) is 5.64. The average Bonchev–Trinajstić information content (AvgIpc) is 2.29. The van der Waals surface area contributed by atoms with E-state index in [0.717, 1.165) is 11.1 Å². The first-order chi connectivity index (χ1) is 8.33. The van der Waals surface area contributed by atoms with Crippen molar-refractivity contribution in [2.75, 3.05) is 0 Å². The normalized spacial score (nSPS) is 11.3. The summed E-state index contributed by atoms with van der Waals surface area (Å²) in [5, 5.41) is 4.89. The number of thiocarbonyl (C=S) groups is 2. The number of isothiocyanates is 2. The molecule has 0 fully saturated rings. The smallest absolute Gasteiger partial charge is 0.0903 e. The predicted molar refractivity (Wildman–Crippen MR) is 82.5 cm³/mol. The number of hydrogen-bond donors (Lipinski definition) is 0. The molecule has 0 atom stereocenters. The van der Waals surface area contributed by atoms with Crippen molar-refractivity contribution >= 4 is 34.8 Å². The Bertz CT molecular complexity index is 489. The Morgan fingerprint density at radius 3 is 1.61 bits per heavy atom. The molecule has 0 saturated heterocycles. The highest BCUT2D eigenvalue weighted by molar-refractivity contribution is 7.78. The minimum atomic E-state index is -0.380. The monoisotopic (exact) mass is 276 g/mol. The van der Waals surface area contributed by atoms with E-state index >= 15 is 0 Å². The molecule has 1 aromatic rings. The van der Waals surface area contributed by atoms with Gasteiger partial charge in [0.05, 0.1) is 21.4 Å². The number of rotatable bonds is 4. The maximum atomic E-state index is 4.69. The van der Waals surface area contributed by atoms with Gasteiger partial charge in [0.1, 0.15) is 0 Å². The van der Waals surface area contributed by atoms with Crippen LogP contribution in [0.1, 0.15) is 38.8 Å². The summed E-state index contributed by atoms with van der Waals surface area (Å²) >= 11 is 9.38. The third-order valence-corrected chi connectivity index (χ3v) is 3.11. The lowest BCUT2D eigenvalue weighted by molar-refractivity contribution is 0.542. The van der Waals surface area contributed by atoms with Crippen LogP contribution >= 0.6 is 24.4 Å². The molecule has 1 rings (SSSR count). The van der Waals surface area contributed by atoms with Gasteiger partial charge in [0.2, 0.25) is 0 Å². The van der Waals surface area contributed by atoms with Crippen molar-refractivity contribution in [3.8, 4) is 0 Å². The fourth-order valence-corrected chi connectivity index (χ4v) is 2.09. The van der Waals surface area contributed by atoms with E-state index in [4.69, 9.17) is 0 Å². The van der Waals surface area contributed by atoms with Crippen molar-refractivity contribution in [3.63, 3.8) is 0 Å². The molecular weight excluding hydrogens is 260 g/mol. The number of nitrogens with zero attached hydrogens (tertiary/aromatic N) is 2. The maximum Gasteiger partial charge on any atom is 0.0903 e. The Labute approximate surface area is 119 Å². The van der Waals surface area contributed by atoms with E-state index in [2.05, 4.69) is 50.8 Å². The molecule has 0 saturated carbocycles. The SMILES string of the molecule is CC(C)(N=C=S)c1cccc(C(C)(C)N=C=S)c1. The van der Waals surface area contributed by atoms with Crippen LogP contribution in [0.2, 0.25) is 0 Å². The third kappa shape index (κ3) is 3.41. The molecule has 4 heteroatoms. The van der Waals surface area contributed by atoms with Gasteiger partial charge >= 0.3 is 0 Å². The molecule has 0 aromatic heterocycles. The lowest BCUT2D eigenvalue weighted by atomic mass is 9.88. The van der Waals surface area contributed by atoms with E-state index in [9.17, 15) is 0 Å². The van der Waals surface area contributed by atoms with Gasteiger partial charge in [0, 0.05) is 0 Å². The molecule has 0 aliphatic heterocycles.